The first kappa shape index (κ1) is 18.2. The first-order valence-electron chi connectivity index (χ1n) is 8.45. The van der Waals surface area contributed by atoms with Crippen molar-refractivity contribution < 1.29 is 4.74 Å². The zero-order valence-electron chi connectivity index (χ0n) is 14.9. The van der Waals surface area contributed by atoms with Gasteiger partial charge in [0.15, 0.2) is 0 Å². The van der Waals surface area contributed by atoms with Crippen LogP contribution in [-0.4, -0.2) is 17.1 Å². The van der Waals surface area contributed by atoms with E-state index in [2.05, 4.69) is 16.0 Å². The van der Waals surface area contributed by atoms with E-state index >= 15 is 0 Å². The Hall–Kier alpha value is -3.20. The molecule has 0 N–H and O–H groups in total. The molecule has 0 amide bonds. The monoisotopic (exact) mass is 403 g/mol. The Balaban J connectivity index is 1.75. The zero-order valence-corrected chi connectivity index (χ0v) is 16.5. The summed E-state index contributed by atoms with van der Waals surface area (Å²) in [7, 11) is 1.62. The van der Waals surface area contributed by atoms with Crippen LogP contribution in [0.2, 0.25) is 5.15 Å². The van der Waals surface area contributed by atoms with Crippen LogP contribution in [0.3, 0.4) is 0 Å². The largest absolute Gasteiger partial charge is 0.497 e. The number of thiazole rings is 1. The number of aromatic nitrogens is 2. The molecule has 4 nitrogen and oxygen atoms in total. The van der Waals surface area contributed by atoms with Crippen molar-refractivity contribution in [2.24, 2.45) is 0 Å². The van der Waals surface area contributed by atoms with Gasteiger partial charge in [0.05, 0.1) is 23.9 Å². The summed E-state index contributed by atoms with van der Waals surface area (Å²) in [5.74, 6) is 0.736. The lowest BCUT2D eigenvalue weighted by Gasteiger charge is -2.05. The number of fused-ring (bicyclic) bond motifs is 1. The third-order valence-corrected chi connectivity index (χ3v) is 5.41. The minimum atomic E-state index is 0.338. The highest BCUT2D eigenvalue weighted by atomic mass is 35.5. The summed E-state index contributed by atoms with van der Waals surface area (Å²) in [6.45, 7) is 0. The quantitative estimate of drug-likeness (QED) is 0.306. The van der Waals surface area contributed by atoms with Crippen molar-refractivity contribution in [3.8, 4) is 23.1 Å². The molecular weight excluding hydrogens is 390 g/mol. The first-order valence-corrected chi connectivity index (χ1v) is 9.71. The van der Waals surface area contributed by atoms with Crippen molar-refractivity contribution in [1.29, 1.82) is 5.26 Å². The number of methoxy groups -OCH3 is 1. The molecule has 0 aliphatic rings. The van der Waals surface area contributed by atoms with Gasteiger partial charge in [-0.15, -0.1) is 11.3 Å². The average molecular weight is 404 g/mol. The fourth-order valence-electron chi connectivity index (χ4n) is 2.81. The standard InChI is InChI=1S/C22H14ClN3OS/c1-27-18-7-8-19-15(11-18)9-16(21(23)25-19)10-17(12-24)22-26-20(13-28-22)14-5-3-2-4-6-14/h2-11,13H,1H3. The van der Waals surface area contributed by atoms with Gasteiger partial charge in [-0.3, -0.25) is 0 Å². The van der Waals surface area contributed by atoms with E-state index in [1.54, 1.807) is 13.2 Å². The SMILES string of the molecule is COc1ccc2nc(Cl)c(C=C(C#N)c3nc(-c4ccccc4)cs3)cc2c1. The van der Waals surface area contributed by atoms with Crippen LogP contribution in [0, 0.1) is 11.3 Å². The highest BCUT2D eigenvalue weighted by molar-refractivity contribution is 7.11. The number of pyridine rings is 1. The third-order valence-electron chi connectivity index (χ3n) is 4.23. The maximum absolute atomic E-state index is 9.67. The number of allylic oxidation sites excluding steroid dienone is 1. The Morgan fingerprint density at radius 3 is 2.71 bits per heavy atom. The molecule has 0 saturated heterocycles. The predicted molar refractivity (Wildman–Crippen MR) is 114 cm³/mol. The van der Waals surface area contributed by atoms with Gasteiger partial charge in [0.2, 0.25) is 0 Å². The van der Waals surface area contributed by atoms with Crippen molar-refractivity contribution in [3.63, 3.8) is 0 Å². The lowest BCUT2D eigenvalue weighted by molar-refractivity contribution is 0.415. The summed E-state index contributed by atoms with van der Waals surface area (Å²) in [4.78, 5) is 9.04. The highest BCUT2D eigenvalue weighted by Gasteiger charge is 2.11. The molecule has 0 unspecified atom stereocenters. The van der Waals surface area contributed by atoms with Gasteiger partial charge in [0, 0.05) is 21.9 Å². The fraction of sp³-hybridized carbons (Fsp3) is 0.0455. The molecule has 2 aromatic carbocycles. The molecule has 0 spiro atoms. The van der Waals surface area contributed by atoms with Gasteiger partial charge in [-0.05, 0) is 30.3 Å². The van der Waals surface area contributed by atoms with Crippen LogP contribution < -0.4 is 4.74 Å². The molecule has 2 heterocycles. The van der Waals surface area contributed by atoms with Gasteiger partial charge in [-0.25, -0.2) is 9.97 Å². The summed E-state index contributed by atoms with van der Waals surface area (Å²) in [5, 5.41) is 13.5. The van der Waals surface area contributed by atoms with Gasteiger partial charge < -0.3 is 4.74 Å². The molecule has 0 aliphatic heterocycles. The van der Waals surface area contributed by atoms with Gasteiger partial charge >= 0.3 is 0 Å². The predicted octanol–water partition coefficient (Wildman–Crippen LogP) is 6.08. The van der Waals surface area contributed by atoms with Crippen LogP contribution in [0.1, 0.15) is 10.6 Å². The van der Waals surface area contributed by atoms with E-state index in [0.717, 1.165) is 27.9 Å². The second-order valence-corrected chi connectivity index (χ2v) is 7.22. The Kier molecular flexibility index (Phi) is 5.07. The van der Waals surface area contributed by atoms with E-state index in [9.17, 15) is 5.26 Å². The average Bonchev–Trinajstić information content (AvgIpc) is 3.22. The second kappa shape index (κ2) is 7.81. The van der Waals surface area contributed by atoms with Crippen molar-refractivity contribution in [2.45, 2.75) is 0 Å². The molecular formula is C22H14ClN3OS. The molecule has 4 aromatic rings. The minimum Gasteiger partial charge on any atom is -0.497 e. The van der Waals surface area contributed by atoms with E-state index in [0.29, 0.717) is 21.3 Å². The summed E-state index contributed by atoms with van der Waals surface area (Å²) in [6, 6.07) is 19.6. The Morgan fingerprint density at radius 1 is 1.14 bits per heavy atom. The molecule has 0 bridgehead atoms. The molecule has 6 heteroatoms. The van der Waals surface area contributed by atoms with Crippen molar-refractivity contribution in [1.82, 2.24) is 9.97 Å². The van der Waals surface area contributed by atoms with Gasteiger partial charge in [-0.2, -0.15) is 5.26 Å². The van der Waals surface area contributed by atoms with E-state index in [4.69, 9.17) is 16.3 Å². The topological polar surface area (TPSA) is 58.8 Å². The van der Waals surface area contributed by atoms with Crippen LogP contribution in [0.4, 0.5) is 0 Å². The van der Waals surface area contributed by atoms with Crippen molar-refractivity contribution in [2.75, 3.05) is 7.11 Å². The molecule has 136 valence electrons. The van der Waals surface area contributed by atoms with Crippen LogP contribution in [0.15, 0.2) is 60.0 Å². The number of ether oxygens (including phenoxy) is 1. The normalized spacial score (nSPS) is 11.4. The van der Waals surface area contributed by atoms with E-state index < -0.39 is 0 Å². The van der Waals surface area contributed by atoms with E-state index in [1.807, 2.05) is 60.0 Å². The maximum atomic E-state index is 9.67. The van der Waals surface area contributed by atoms with Gasteiger partial charge in [0.1, 0.15) is 22.0 Å². The number of halogens is 1. The number of benzene rings is 2. The van der Waals surface area contributed by atoms with Gasteiger partial charge in [0.25, 0.3) is 0 Å². The molecule has 2 aromatic heterocycles. The summed E-state index contributed by atoms with van der Waals surface area (Å²) < 4.78 is 5.27. The van der Waals surface area contributed by atoms with Crippen LogP contribution in [0.5, 0.6) is 5.75 Å². The third kappa shape index (κ3) is 3.61. The van der Waals surface area contributed by atoms with Crippen LogP contribution >= 0.6 is 22.9 Å². The van der Waals surface area contributed by atoms with E-state index in [1.165, 1.54) is 11.3 Å². The van der Waals surface area contributed by atoms with Gasteiger partial charge in [-0.1, -0.05) is 41.9 Å². The summed E-state index contributed by atoms with van der Waals surface area (Å²) in [6.07, 6.45) is 1.72. The number of hydrogen-bond acceptors (Lipinski definition) is 5. The van der Waals surface area contributed by atoms with Crippen molar-refractivity contribution in [3.05, 3.63) is 75.7 Å². The van der Waals surface area contributed by atoms with E-state index in [-0.39, 0.29) is 0 Å². The number of hydrogen-bond donors (Lipinski definition) is 0. The number of rotatable bonds is 4. The lowest BCUT2D eigenvalue weighted by atomic mass is 10.1. The summed E-state index contributed by atoms with van der Waals surface area (Å²) >= 11 is 7.78. The Labute approximate surface area is 171 Å². The molecule has 0 radical (unpaired) electrons. The second-order valence-electron chi connectivity index (χ2n) is 6.00. The molecule has 0 atom stereocenters. The smallest absolute Gasteiger partial charge is 0.137 e. The Morgan fingerprint density at radius 2 is 1.96 bits per heavy atom. The fourth-order valence-corrected chi connectivity index (χ4v) is 3.81. The zero-order chi connectivity index (χ0) is 19.5. The maximum Gasteiger partial charge on any atom is 0.137 e. The summed E-state index contributed by atoms with van der Waals surface area (Å²) in [5.41, 5.74) is 3.73. The van der Waals surface area contributed by atoms with Crippen molar-refractivity contribution >= 4 is 45.5 Å². The Bertz CT molecular complexity index is 1230. The number of nitrogens with zero attached hydrogens (tertiary/aromatic N) is 3. The highest BCUT2D eigenvalue weighted by Crippen LogP contribution is 2.30. The molecule has 0 fully saturated rings. The molecule has 0 aliphatic carbocycles. The van der Waals surface area contributed by atoms with Crippen LogP contribution in [0.25, 0.3) is 33.8 Å². The lowest BCUT2D eigenvalue weighted by Crippen LogP contribution is -1.89. The first-order chi connectivity index (χ1) is 13.7. The molecule has 0 saturated carbocycles. The van der Waals surface area contributed by atoms with Crippen LogP contribution in [-0.2, 0) is 0 Å². The minimum absolute atomic E-state index is 0.338. The number of nitriles is 1. The molecule has 28 heavy (non-hydrogen) atoms. The molecule has 4 rings (SSSR count).